The van der Waals surface area contributed by atoms with Crippen molar-refractivity contribution in [3.05, 3.63) is 0 Å². The number of halogens is 4. The normalized spacial score (nSPS) is 18.7. The molecule has 1 atom stereocenters. The Morgan fingerprint density at radius 2 is 2.00 bits per heavy atom. The van der Waals surface area contributed by atoms with E-state index in [1.54, 1.807) is 0 Å². The second kappa shape index (κ2) is 6.51. The van der Waals surface area contributed by atoms with Crippen molar-refractivity contribution in [3.8, 4) is 0 Å². The molecule has 0 bridgehead atoms. The first kappa shape index (κ1) is 14.7. The third-order valence-corrected chi connectivity index (χ3v) is 2.42. The van der Waals surface area contributed by atoms with Crippen LogP contribution in [0.25, 0.3) is 0 Å². The lowest BCUT2D eigenvalue weighted by molar-refractivity contribution is -0.126. The van der Waals surface area contributed by atoms with Crippen LogP contribution in [0.4, 0.5) is 17.6 Å². The van der Waals surface area contributed by atoms with Crippen molar-refractivity contribution in [1.29, 1.82) is 0 Å². The topological polar surface area (TPSA) is 41.5 Å². The van der Waals surface area contributed by atoms with Crippen molar-refractivity contribution in [2.24, 2.45) is 5.92 Å². The highest BCUT2D eigenvalue weighted by Gasteiger charge is 2.40. The van der Waals surface area contributed by atoms with Gasteiger partial charge in [0, 0.05) is 13.2 Å². The van der Waals surface area contributed by atoms with Crippen molar-refractivity contribution in [3.63, 3.8) is 0 Å². The second-order valence-corrected chi connectivity index (χ2v) is 4.33. The SMILES string of the molecule is OC(CNCC(F)(F)C(F)F)COCC1CC1. The number of alkyl halides is 4. The van der Waals surface area contributed by atoms with Gasteiger partial charge in [0.2, 0.25) is 0 Å². The summed E-state index contributed by atoms with van der Waals surface area (Å²) in [6, 6.07) is 0. The minimum atomic E-state index is -4.06. The fraction of sp³-hybridized carbons (Fsp3) is 1.00. The Bertz CT molecular complexity index is 224. The van der Waals surface area contributed by atoms with Gasteiger partial charge in [-0.05, 0) is 18.8 Å². The number of aliphatic hydroxyl groups excluding tert-OH is 1. The maximum atomic E-state index is 12.4. The van der Waals surface area contributed by atoms with E-state index in [2.05, 4.69) is 5.32 Å². The van der Waals surface area contributed by atoms with Gasteiger partial charge in [-0.2, -0.15) is 8.78 Å². The van der Waals surface area contributed by atoms with Gasteiger partial charge in [-0.25, -0.2) is 8.78 Å². The number of ether oxygens (including phenoxy) is 1. The average molecular weight is 259 g/mol. The van der Waals surface area contributed by atoms with Gasteiger partial charge in [-0.3, -0.25) is 0 Å². The lowest BCUT2D eigenvalue weighted by Gasteiger charge is -2.17. The van der Waals surface area contributed by atoms with Gasteiger partial charge in [0.25, 0.3) is 0 Å². The van der Waals surface area contributed by atoms with E-state index >= 15 is 0 Å². The molecule has 0 aromatic rings. The summed E-state index contributed by atoms with van der Waals surface area (Å²) in [6.07, 6.45) is -2.41. The van der Waals surface area contributed by atoms with Crippen LogP contribution in [-0.4, -0.2) is 49.9 Å². The number of hydrogen-bond acceptors (Lipinski definition) is 3. The van der Waals surface area contributed by atoms with E-state index in [-0.39, 0.29) is 13.2 Å². The van der Waals surface area contributed by atoms with Crippen molar-refractivity contribution in [2.75, 3.05) is 26.3 Å². The summed E-state index contributed by atoms with van der Waals surface area (Å²) in [7, 11) is 0. The lowest BCUT2D eigenvalue weighted by atomic mass is 10.3. The van der Waals surface area contributed by atoms with Crippen LogP contribution in [0.1, 0.15) is 12.8 Å². The van der Waals surface area contributed by atoms with E-state index in [1.807, 2.05) is 0 Å². The molecule has 102 valence electrons. The van der Waals surface area contributed by atoms with Crippen LogP contribution in [0.2, 0.25) is 0 Å². The van der Waals surface area contributed by atoms with Crippen molar-refractivity contribution in [1.82, 2.24) is 5.32 Å². The molecule has 1 aliphatic rings. The van der Waals surface area contributed by atoms with Gasteiger partial charge < -0.3 is 15.2 Å². The monoisotopic (exact) mass is 259 g/mol. The molecule has 0 aromatic carbocycles. The number of nitrogens with one attached hydrogen (secondary N) is 1. The zero-order valence-electron chi connectivity index (χ0n) is 9.34. The highest BCUT2D eigenvalue weighted by Crippen LogP contribution is 2.28. The zero-order valence-corrected chi connectivity index (χ0v) is 9.34. The van der Waals surface area contributed by atoms with Crippen LogP contribution >= 0.6 is 0 Å². The lowest BCUT2D eigenvalue weighted by Crippen LogP contribution is -2.42. The summed E-state index contributed by atoms with van der Waals surface area (Å²) in [5.74, 6) is -3.51. The predicted molar refractivity (Wildman–Crippen MR) is 53.4 cm³/mol. The van der Waals surface area contributed by atoms with Gasteiger partial charge in [-0.1, -0.05) is 0 Å². The Balaban J connectivity index is 2.00. The largest absolute Gasteiger partial charge is 0.389 e. The molecule has 0 aliphatic heterocycles. The number of aliphatic hydroxyl groups is 1. The molecular formula is C10H17F4NO2. The van der Waals surface area contributed by atoms with Crippen LogP contribution in [0.3, 0.4) is 0 Å². The molecule has 3 nitrogen and oxygen atoms in total. The molecule has 0 spiro atoms. The molecule has 0 amide bonds. The van der Waals surface area contributed by atoms with Crippen molar-refractivity contribution in [2.45, 2.75) is 31.3 Å². The summed E-state index contributed by atoms with van der Waals surface area (Å²) >= 11 is 0. The van der Waals surface area contributed by atoms with Crippen LogP contribution < -0.4 is 5.32 Å². The molecule has 0 radical (unpaired) electrons. The first-order valence-electron chi connectivity index (χ1n) is 5.54. The van der Waals surface area contributed by atoms with E-state index in [1.165, 1.54) is 0 Å². The quantitative estimate of drug-likeness (QED) is 0.613. The fourth-order valence-electron chi connectivity index (χ4n) is 1.20. The van der Waals surface area contributed by atoms with Gasteiger partial charge in [0.1, 0.15) is 0 Å². The minimum absolute atomic E-state index is 0.0315. The van der Waals surface area contributed by atoms with Gasteiger partial charge in [0.15, 0.2) is 0 Å². The van der Waals surface area contributed by atoms with Crippen LogP contribution in [0.5, 0.6) is 0 Å². The van der Waals surface area contributed by atoms with Crippen molar-refractivity contribution < 1.29 is 27.4 Å². The first-order valence-corrected chi connectivity index (χ1v) is 5.54. The van der Waals surface area contributed by atoms with Crippen molar-refractivity contribution >= 4 is 0 Å². The predicted octanol–water partition coefficient (Wildman–Crippen LogP) is 1.26. The van der Waals surface area contributed by atoms with Gasteiger partial charge in [-0.15, -0.1) is 0 Å². The fourth-order valence-corrected chi connectivity index (χ4v) is 1.20. The molecule has 7 heteroatoms. The maximum absolute atomic E-state index is 12.4. The Labute approximate surface area is 97.1 Å². The maximum Gasteiger partial charge on any atom is 0.319 e. The second-order valence-electron chi connectivity index (χ2n) is 4.33. The van der Waals surface area contributed by atoms with E-state index < -0.39 is 25.0 Å². The molecule has 1 saturated carbocycles. The molecule has 1 fully saturated rings. The summed E-state index contributed by atoms with van der Waals surface area (Å²) in [6.45, 7) is -0.745. The minimum Gasteiger partial charge on any atom is -0.389 e. The summed E-state index contributed by atoms with van der Waals surface area (Å²) in [4.78, 5) is 0. The third-order valence-electron chi connectivity index (χ3n) is 2.42. The third kappa shape index (κ3) is 6.18. The standard InChI is InChI=1S/C10H17F4NO2/c11-9(12)10(13,14)6-15-3-8(16)5-17-4-7-1-2-7/h7-9,15-16H,1-6H2. The van der Waals surface area contributed by atoms with Crippen LogP contribution in [0, 0.1) is 5.92 Å². The van der Waals surface area contributed by atoms with E-state index in [0.717, 1.165) is 12.8 Å². The van der Waals surface area contributed by atoms with E-state index in [4.69, 9.17) is 4.74 Å². The molecular weight excluding hydrogens is 242 g/mol. The average Bonchev–Trinajstić information content (AvgIpc) is 3.01. The Morgan fingerprint density at radius 3 is 2.53 bits per heavy atom. The number of hydrogen-bond donors (Lipinski definition) is 2. The van der Waals surface area contributed by atoms with Gasteiger partial charge >= 0.3 is 12.3 Å². The highest BCUT2D eigenvalue weighted by atomic mass is 19.3. The molecule has 2 N–H and O–H groups in total. The molecule has 17 heavy (non-hydrogen) atoms. The first-order chi connectivity index (χ1) is 7.92. The Kier molecular flexibility index (Phi) is 5.61. The van der Waals surface area contributed by atoms with E-state index in [9.17, 15) is 22.7 Å². The van der Waals surface area contributed by atoms with Gasteiger partial charge in [0.05, 0.1) is 19.3 Å². The molecule has 1 unspecified atom stereocenters. The Morgan fingerprint density at radius 1 is 1.35 bits per heavy atom. The summed E-state index contributed by atoms with van der Waals surface area (Å²) in [5.41, 5.74) is 0. The summed E-state index contributed by atoms with van der Waals surface area (Å²) < 4.78 is 53.5. The molecule has 0 aromatic heterocycles. The molecule has 0 saturated heterocycles. The van der Waals surface area contributed by atoms with Crippen LogP contribution in [-0.2, 0) is 4.74 Å². The van der Waals surface area contributed by atoms with E-state index in [0.29, 0.717) is 12.5 Å². The highest BCUT2D eigenvalue weighted by molar-refractivity contribution is 4.74. The summed E-state index contributed by atoms with van der Waals surface area (Å²) in [5, 5.41) is 11.4. The smallest absolute Gasteiger partial charge is 0.319 e. The molecule has 0 heterocycles. The Hall–Kier alpha value is -0.400. The zero-order chi connectivity index (χ0) is 12.9. The number of rotatable bonds is 9. The van der Waals surface area contributed by atoms with Crippen LogP contribution in [0.15, 0.2) is 0 Å². The molecule has 1 rings (SSSR count). The molecule has 1 aliphatic carbocycles.